The van der Waals surface area contributed by atoms with Crippen LogP contribution in [0.15, 0.2) is 18.6 Å². The SMILES string of the molecule is CC(c1cnccn1)N1CCC(CCC(=O)O)CC1. The van der Waals surface area contributed by atoms with Crippen LogP contribution >= 0.6 is 0 Å². The monoisotopic (exact) mass is 263 g/mol. The molecule has 0 aromatic carbocycles. The standard InChI is InChI=1S/C14H21N3O2/c1-11(13-10-15-6-7-16-13)17-8-4-12(5-9-17)2-3-14(18)19/h6-7,10-12H,2-5,8-9H2,1H3,(H,18,19). The van der Waals surface area contributed by atoms with Gasteiger partial charge in [-0.15, -0.1) is 0 Å². The van der Waals surface area contributed by atoms with E-state index in [9.17, 15) is 4.79 Å². The number of carboxylic acid groups (broad SMARTS) is 1. The summed E-state index contributed by atoms with van der Waals surface area (Å²) in [6, 6.07) is 0.286. The largest absolute Gasteiger partial charge is 0.481 e. The molecule has 1 N–H and O–H groups in total. The second-order valence-corrected chi connectivity index (χ2v) is 5.22. The highest BCUT2D eigenvalue weighted by molar-refractivity contribution is 5.66. The average molecular weight is 263 g/mol. The number of rotatable bonds is 5. The molecule has 1 unspecified atom stereocenters. The van der Waals surface area contributed by atoms with Crippen LogP contribution in [-0.4, -0.2) is 39.0 Å². The van der Waals surface area contributed by atoms with E-state index in [1.807, 2.05) is 6.20 Å². The summed E-state index contributed by atoms with van der Waals surface area (Å²) in [6.07, 6.45) is 8.50. The quantitative estimate of drug-likeness (QED) is 0.881. The van der Waals surface area contributed by atoms with Crippen molar-refractivity contribution < 1.29 is 9.90 Å². The van der Waals surface area contributed by atoms with Crippen LogP contribution in [0.3, 0.4) is 0 Å². The van der Waals surface area contributed by atoms with Gasteiger partial charge in [0, 0.05) is 25.0 Å². The number of aliphatic carboxylic acids is 1. The number of aromatic nitrogens is 2. The first-order valence-corrected chi connectivity index (χ1v) is 6.88. The molecule has 1 aromatic rings. The van der Waals surface area contributed by atoms with E-state index in [4.69, 9.17) is 5.11 Å². The van der Waals surface area contributed by atoms with E-state index in [0.717, 1.165) is 38.0 Å². The van der Waals surface area contributed by atoms with Gasteiger partial charge in [0.15, 0.2) is 0 Å². The van der Waals surface area contributed by atoms with Gasteiger partial charge in [-0.3, -0.25) is 19.7 Å². The number of carbonyl (C=O) groups is 1. The normalized spacial score (nSPS) is 19.2. The molecule has 5 heteroatoms. The predicted molar refractivity (Wildman–Crippen MR) is 71.6 cm³/mol. The van der Waals surface area contributed by atoms with Crippen molar-refractivity contribution in [2.24, 2.45) is 5.92 Å². The van der Waals surface area contributed by atoms with Gasteiger partial charge in [-0.25, -0.2) is 0 Å². The summed E-state index contributed by atoms with van der Waals surface area (Å²) in [5.41, 5.74) is 1.01. The molecule has 5 nitrogen and oxygen atoms in total. The van der Waals surface area contributed by atoms with Crippen molar-refractivity contribution in [3.05, 3.63) is 24.3 Å². The van der Waals surface area contributed by atoms with Crippen LogP contribution in [0, 0.1) is 5.92 Å². The van der Waals surface area contributed by atoms with E-state index in [0.29, 0.717) is 12.3 Å². The highest BCUT2D eigenvalue weighted by atomic mass is 16.4. The molecular formula is C14H21N3O2. The lowest BCUT2D eigenvalue weighted by Gasteiger charge is -2.35. The zero-order chi connectivity index (χ0) is 13.7. The predicted octanol–water partition coefficient (Wildman–Crippen LogP) is 2.11. The molecule has 1 aliphatic rings. The van der Waals surface area contributed by atoms with Crippen LogP contribution in [0.4, 0.5) is 0 Å². The molecule has 1 fully saturated rings. The Morgan fingerprint density at radius 1 is 1.47 bits per heavy atom. The van der Waals surface area contributed by atoms with Gasteiger partial charge < -0.3 is 5.11 Å². The summed E-state index contributed by atoms with van der Waals surface area (Å²) in [5.74, 6) is -0.128. The Balaban J connectivity index is 1.81. The molecule has 0 bridgehead atoms. The number of likely N-dealkylation sites (tertiary alicyclic amines) is 1. The smallest absolute Gasteiger partial charge is 0.303 e. The van der Waals surface area contributed by atoms with Gasteiger partial charge in [-0.1, -0.05) is 0 Å². The Bertz CT molecular complexity index is 402. The average Bonchev–Trinajstić information content (AvgIpc) is 2.46. The number of carboxylic acids is 1. The Morgan fingerprint density at radius 3 is 2.79 bits per heavy atom. The Hall–Kier alpha value is -1.49. The molecule has 1 atom stereocenters. The van der Waals surface area contributed by atoms with E-state index in [1.54, 1.807) is 12.4 Å². The zero-order valence-electron chi connectivity index (χ0n) is 11.3. The van der Waals surface area contributed by atoms with E-state index >= 15 is 0 Å². The van der Waals surface area contributed by atoms with Crippen LogP contribution in [-0.2, 0) is 4.79 Å². The lowest BCUT2D eigenvalue weighted by molar-refractivity contribution is -0.137. The van der Waals surface area contributed by atoms with Gasteiger partial charge in [0.2, 0.25) is 0 Å². The van der Waals surface area contributed by atoms with Gasteiger partial charge in [0.05, 0.1) is 11.7 Å². The molecule has 1 aromatic heterocycles. The third-order valence-electron chi connectivity index (χ3n) is 3.97. The molecule has 0 spiro atoms. The fraction of sp³-hybridized carbons (Fsp3) is 0.643. The first-order valence-electron chi connectivity index (χ1n) is 6.88. The summed E-state index contributed by atoms with van der Waals surface area (Å²) >= 11 is 0. The number of piperidine rings is 1. The third-order valence-corrected chi connectivity index (χ3v) is 3.97. The number of nitrogens with zero attached hydrogens (tertiary/aromatic N) is 3. The van der Waals surface area contributed by atoms with E-state index < -0.39 is 5.97 Å². The molecule has 1 aliphatic heterocycles. The molecule has 104 valence electrons. The summed E-state index contributed by atoms with van der Waals surface area (Å²) < 4.78 is 0. The Labute approximate surface area is 113 Å². The van der Waals surface area contributed by atoms with Crippen molar-refractivity contribution in [2.75, 3.05) is 13.1 Å². The van der Waals surface area contributed by atoms with E-state index in [1.165, 1.54) is 0 Å². The van der Waals surface area contributed by atoms with Crippen LogP contribution in [0.1, 0.15) is 44.3 Å². The van der Waals surface area contributed by atoms with Gasteiger partial charge >= 0.3 is 5.97 Å². The van der Waals surface area contributed by atoms with Crippen LogP contribution in [0.5, 0.6) is 0 Å². The molecule has 0 amide bonds. The minimum atomic E-state index is -0.685. The molecule has 0 radical (unpaired) electrons. The summed E-state index contributed by atoms with van der Waals surface area (Å²) in [7, 11) is 0. The van der Waals surface area contributed by atoms with E-state index in [-0.39, 0.29) is 6.04 Å². The lowest BCUT2D eigenvalue weighted by Crippen LogP contribution is -2.36. The molecule has 2 heterocycles. The maximum absolute atomic E-state index is 10.6. The third kappa shape index (κ3) is 3.99. The van der Waals surface area contributed by atoms with Crippen LogP contribution in [0.25, 0.3) is 0 Å². The zero-order valence-corrected chi connectivity index (χ0v) is 11.3. The highest BCUT2D eigenvalue weighted by Crippen LogP contribution is 2.27. The topological polar surface area (TPSA) is 66.3 Å². The second-order valence-electron chi connectivity index (χ2n) is 5.22. The summed E-state index contributed by atoms with van der Waals surface area (Å²) in [4.78, 5) is 21.4. The fourth-order valence-corrected chi connectivity index (χ4v) is 2.67. The molecule has 1 saturated heterocycles. The molecular weight excluding hydrogens is 242 g/mol. The Morgan fingerprint density at radius 2 is 2.21 bits per heavy atom. The molecule has 19 heavy (non-hydrogen) atoms. The summed E-state index contributed by atoms with van der Waals surface area (Å²) in [5, 5.41) is 8.71. The summed E-state index contributed by atoms with van der Waals surface area (Å²) in [6.45, 7) is 4.19. The lowest BCUT2D eigenvalue weighted by atomic mass is 9.91. The van der Waals surface area contributed by atoms with E-state index in [2.05, 4.69) is 21.8 Å². The minimum absolute atomic E-state index is 0.286. The molecule has 2 rings (SSSR count). The van der Waals surface area contributed by atoms with Crippen LogP contribution < -0.4 is 0 Å². The fourth-order valence-electron chi connectivity index (χ4n) is 2.67. The first kappa shape index (κ1) is 13.9. The van der Waals surface area contributed by atoms with Crippen molar-refractivity contribution in [3.63, 3.8) is 0 Å². The first-order chi connectivity index (χ1) is 9.16. The number of hydrogen-bond acceptors (Lipinski definition) is 4. The van der Waals surface area contributed by atoms with Crippen molar-refractivity contribution in [3.8, 4) is 0 Å². The maximum Gasteiger partial charge on any atom is 0.303 e. The maximum atomic E-state index is 10.6. The van der Waals surface area contributed by atoms with Crippen molar-refractivity contribution >= 4 is 5.97 Å². The van der Waals surface area contributed by atoms with Crippen molar-refractivity contribution in [1.29, 1.82) is 0 Å². The van der Waals surface area contributed by atoms with Crippen molar-refractivity contribution in [1.82, 2.24) is 14.9 Å². The van der Waals surface area contributed by atoms with Gasteiger partial charge in [-0.05, 0) is 45.2 Å². The van der Waals surface area contributed by atoms with Gasteiger partial charge in [-0.2, -0.15) is 0 Å². The number of hydrogen-bond donors (Lipinski definition) is 1. The molecule has 0 aliphatic carbocycles. The van der Waals surface area contributed by atoms with Gasteiger partial charge in [0.25, 0.3) is 0 Å². The highest BCUT2D eigenvalue weighted by Gasteiger charge is 2.24. The van der Waals surface area contributed by atoms with Crippen LogP contribution in [0.2, 0.25) is 0 Å². The van der Waals surface area contributed by atoms with Gasteiger partial charge in [0.1, 0.15) is 0 Å². The minimum Gasteiger partial charge on any atom is -0.481 e. The molecule has 0 saturated carbocycles. The van der Waals surface area contributed by atoms with Crippen molar-refractivity contribution in [2.45, 2.75) is 38.6 Å². The second kappa shape index (κ2) is 6.61. The Kier molecular flexibility index (Phi) is 4.85.